The predicted molar refractivity (Wildman–Crippen MR) is 70.9 cm³/mol. The summed E-state index contributed by atoms with van der Waals surface area (Å²) in [5.41, 5.74) is 1.40. The van der Waals surface area contributed by atoms with Crippen molar-refractivity contribution in [1.29, 1.82) is 0 Å². The summed E-state index contributed by atoms with van der Waals surface area (Å²) in [5.74, 6) is 0. The zero-order valence-corrected chi connectivity index (χ0v) is 11.8. The van der Waals surface area contributed by atoms with Crippen molar-refractivity contribution >= 4 is 15.7 Å². The quantitative estimate of drug-likeness (QED) is 0.760. The summed E-state index contributed by atoms with van der Waals surface area (Å²) < 4.78 is 27.9. The van der Waals surface area contributed by atoms with E-state index in [1.807, 2.05) is 27.7 Å². The van der Waals surface area contributed by atoms with Gasteiger partial charge in [0.05, 0.1) is 4.90 Å². The fourth-order valence-corrected chi connectivity index (χ4v) is 2.30. The summed E-state index contributed by atoms with van der Waals surface area (Å²) in [5, 5.41) is 0. The van der Waals surface area contributed by atoms with Crippen molar-refractivity contribution < 1.29 is 8.42 Å². The van der Waals surface area contributed by atoms with Crippen molar-refractivity contribution in [1.82, 2.24) is 0 Å². The lowest BCUT2D eigenvalue weighted by atomic mass is 9.91. The summed E-state index contributed by atoms with van der Waals surface area (Å²) in [4.78, 5) is 0.242. The molecule has 1 aromatic rings. The Morgan fingerprint density at radius 3 is 2.00 bits per heavy atom. The number of benzene rings is 1. The van der Waals surface area contributed by atoms with E-state index in [0.29, 0.717) is 5.71 Å². The topological polar surface area (TPSA) is 46.5 Å². The van der Waals surface area contributed by atoms with Crippen molar-refractivity contribution in [3.05, 3.63) is 29.8 Å². The van der Waals surface area contributed by atoms with E-state index in [1.165, 1.54) is 0 Å². The van der Waals surface area contributed by atoms with Gasteiger partial charge in [-0.25, -0.2) is 0 Å². The highest BCUT2D eigenvalue weighted by Gasteiger charge is 2.19. The highest BCUT2D eigenvalue weighted by atomic mass is 32.2. The van der Waals surface area contributed by atoms with E-state index in [0.717, 1.165) is 5.56 Å². The van der Waals surface area contributed by atoms with E-state index in [1.54, 1.807) is 31.2 Å². The lowest BCUT2D eigenvalue weighted by Gasteiger charge is -2.17. The molecule has 1 rings (SSSR count). The molecule has 0 unspecified atom stereocenters. The van der Waals surface area contributed by atoms with Gasteiger partial charge in [-0.1, -0.05) is 38.5 Å². The van der Waals surface area contributed by atoms with Gasteiger partial charge in [-0.05, 0) is 26.0 Å². The number of hydrogen-bond donors (Lipinski definition) is 0. The van der Waals surface area contributed by atoms with Gasteiger partial charge < -0.3 is 0 Å². The maximum absolute atomic E-state index is 12.0. The first-order valence-corrected chi connectivity index (χ1v) is 6.96. The molecule has 94 valence electrons. The Labute approximate surface area is 104 Å². The Balaban J connectivity index is 3.18. The SMILES string of the molecule is C/C(=N/S(=O)(=O)c1ccc(C)cc1)C(C)(C)C. The number of hydrogen-bond acceptors (Lipinski definition) is 2. The Kier molecular flexibility index (Phi) is 3.77. The van der Waals surface area contributed by atoms with Crippen molar-refractivity contribution in [2.24, 2.45) is 9.81 Å². The molecular formula is C13H19NO2S. The molecule has 0 atom stereocenters. The maximum atomic E-state index is 12.0. The van der Waals surface area contributed by atoms with Gasteiger partial charge in [0.25, 0.3) is 10.0 Å². The van der Waals surface area contributed by atoms with E-state index in [-0.39, 0.29) is 10.3 Å². The van der Waals surface area contributed by atoms with Gasteiger partial charge >= 0.3 is 0 Å². The van der Waals surface area contributed by atoms with Crippen LogP contribution in [0.5, 0.6) is 0 Å². The van der Waals surface area contributed by atoms with Gasteiger partial charge in [0.2, 0.25) is 0 Å². The molecule has 0 saturated carbocycles. The molecule has 0 aliphatic heterocycles. The molecule has 17 heavy (non-hydrogen) atoms. The van der Waals surface area contributed by atoms with Gasteiger partial charge in [-0.15, -0.1) is 0 Å². The van der Waals surface area contributed by atoms with Gasteiger partial charge in [0.1, 0.15) is 0 Å². The van der Waals surface area contributed by atoms with Crippen LogP contribution >= 0.6 is 0 Å². The zero-order valence-electron chi connectivity index (χ0n) is 11.0. The molecule has 0 heterocycles. The van der Waals surface area contributed by atoms with Crippen LogP contribution in [0.2, 0.25) is 0 Å². The third kappa shape index (κ3) is 3.66. The molecule has 0 aliphatic rings. The van der Waals surface area contributed by atoms with Crippen LogP contribution in [0.1, 0.15) is 33.3 Å². The first kappa shape index (κ1) is 13.9. The summed E-state index contributed by atoms with van der Waals surface area (Å²) in [6.07, 6.45) is 0. The standard InChI is InChI=1S/C13H19NO2S/c1-10-6-8-12(9-7-10)17(15,16)14-11(2)13(3,4)5/h6-9H,1-5H3/b14-11-. The molecule has 0 bridgehead atoms. The van der Waals surface area contributed by atoms with E-state index < -0.39 is 10.0 Å². The van der Waals surface area contributed by atoms with Crippen LogP contribution in [0, 0.1) is 12.3 Å². The van der Waals surface area contributed by atoms with Crippen LogP contribution in [-0.4, -0.2) is 14.1 Å². The first-order valence-electron chi connectivity index (χ1n) is 5.52. The van der Waals surface area contributed by atoms with Gasteiger partial charge in [0, 0.05) is 11.1 Å². The Bertz CT molecular complexity index is 520. The number of rotatable bonds is 2. The Morgan fingerprint density at radius 2 is 1.59 bits per heavy atom. The second-order valence-corrected chi connectivity index (χ2v) is 6.82. The van der Waals surface area contributed by atoms with Crippen LogP contribution in [0.25, 0.3) is 0 Å². The minimum Gasteiger partial charge on any atom is -0.199 e. The van der Waals surface area contributed by atoms with Gasteiger partial charge in [-0.2, -0.15) is 12.8 Å². The molecule has 0 fully saturated rings. The third-order valence-electron chi connectivity index (χ3n) is 2.66. The predicted octanol–water partition coefficient (Wildman–Crippen LogP) is 3.19. The highest BCUT2D eigenvalue weighted by molar-refractivity contribution is 7.90. The molecule has 0 amide bonds. The zero-order chi connectivity index (χ0) is 13.3. The van der Waals surface area contributed by atoms with E-state index >= 15 is 0 Å². The van der Waals surface area contributed by atoms with Crippen LogP contribution in [0.4, 0.5) is 0 Å². The van der Waals surface area contributed by atoms with Crippen molar-refractivity contribution in [3.8, 4) is 0 Å². The van der Waals surface area contributed by atoms with Crippen LogP contribution in [-0.2, 0) is 10.0 Å². The molecule has 0 spiro atoms. The van der Waals surface area contributed by atoms with Crippen molar-refractivity contribution in [2.45, 2.75) is 39.5 Å². The lowest BCUT2D eigenvalue weighted by molar-refractivity contribution is 0.579. The van der Waals surface area contributed by atoms with Gasteiger partial charge in [-0.3, -0.25) is 0 Å². The molecule has 0 saturated heterocycles. The first-order chi connectivity index (χ1) is 7.63. The average Bonchev–Trinajstić information content (AvgIpc) is 2.16. The fourth-order valence-electron chi connectivity index (χ4n) is 1.08. The smallest absolute Gasteiger partial charge is 0.199 e. The van der Waals surface area contributed by atoms with E-state index in [9.17, 15) is 8.42 Å². The van der Waals surface area contributed by atoms with Crippen molar-refractivity contribution in [2.75, 3.05) is 0 Å². The Hall–Kier alpha value is -1.16. The fraction of sp³-hybridized carbons (Fsp3) is 0.462. The number of nitrogens with zero attached hydrogens (tertiary/aromatic N) is 1. The molecular weight excluding hydrogens is 234 g/mol. The number of sulfonamides is 1. The van der Waals surface area contributed by atoms with E-state index in [4.69, 9.17) is 0 Å². The van der Waals surface area contributed by atoms with Crippen LogP contribution in [0.3, 0.4) is 0 Å². The largest absolute Gasteiger partial charge is 0.282 e. The third-order valence-corrected chi connectivity index (χ3v) is 4.04. The molecule has 0 N–H and O–H groups in total. The molecule has 0 aliphatic carbocycles. The molecule has 0 radical (unpaired) electrons. The maximum Gasteiger partial charge on any atom is 0.282 e. The molecule has 3 nitrogen and oxygen atoms in total. The highest BCUT2D eigenvalue weighted by Crippen LogP contribution is 2.20. The summed E-state index contributed by atoms with van der Waals surface area (Å²) >= 11 is 0. The summed E-state index contributed by atoms with van der Waals surface area (Å²) in [6, 6.07) is 6.72. The molecule has 0 aromatic heterocycles. The average molecular weight is 253 g/mol. The second kappa shape index (κ2) is 4.61. The number of aryl methyl sites for hydroxylation is 1. The minimum absolute atomic E-state index is 0.238. The lowest BCUT2D eigenvalue weighted by Crippen LogP contribution is -2.18. The molecule has 4 heteroatoms. The minimum atomic E-state index is -3.57. The second-order valence-electron chi connectivity index (χ2n) is 5.21. The van der Waals surface area contributed by atoms with E-state index in [2.05, 4.69) is 4.40 Å². The van der Waals surface area contributed by atoms with Gasteiger partial charge in [0.15, 0.2) is 0 Å². The van der Waals surface area contributed by atoms with Crippen LogP contribution < -0.4 is 0 Å². The Morgan fingerprint density at radius 1 is 1.12 bits per heavy atom. The van der Waals surface area contributed by atoms with Crippen LogP contribution in [0.15, 0.2) is 33.6 Å². The van der Waals surface area contributed by atoms with Crippen molar-refractivity contribution in [3.63, 3.8) is 0 Å². The molecule has 1 aromatic carbocycles. The summed E-state index contributed by atoms with van der Waals surface area (Å²) in [7, 11) is -3.57. The monoisotopic (exact) mass is 253 g/mol. The summed E-state index contributed by atoms with van der Waals surface area (Å²) in [6.45, 7) is 9.48. The normalized spacial score (nSPS) is 13.8.